The van der Waals surface area contributed by atoms with Crippen LogP contribution in [0.3, 0.4) is 0 Å². The summed E-state index contributed by atoms with van der Waals surface area (Å²) in [6, 6.07) is 7.78. The Morgan fingerprint density at radius 3 is 2.93 bits per heavy atom. The van der Waals surface area contributed by atoms with E-state index in [1.165, 1.54) is 0 Å². The minimum Gasteiger partial charge on any atom is -0.496 e. The Labute approximate surface area is 88.8 Å². The van der Waals surface area contributed by atoms with Gasteiger partial charge in [0.05, 0.1) is 12.5 Å². The van der Waals surface area contributed by atoms with Gasteiger partial charge in [0.2, 0.25) is 0 Å². The molecule has 0 saturated heterocycles. The molecule has 3 nitrogen and oxygen atoms in total. The van der Waals surface area contributed by atoms with E-state index in [9.17, 15) is 0 Å². The summed E-state index contributed by atoms with van der Waals surface area (Å²) in [7, 11) is 1.66. The van der Waals surface area contributed by atoms with Crippen molar-refractivity contribution in [2.24, 2.45) is 5.73 Å². The number of furan rings is 1. The number of benzene rings is 1. The first kappa shape index (κ1) is 10.1. The highest BCUT2D eigenvalue weighted by Gasteiger charge is 2.12. The third-order valence-corrected chi connectivity index (χ3v) is 2.60. The molecule has 1 aromatic heterocycles. The molecule has 0 spiro atoms. The van der Waals surface area contributed by atoms with Gasteiger partial charge in [-0.2, -0.15) is 0 Å². The number of methoxy groups -OCH3 is 1. The summed E-state index contributed by atoms with van der Waals surface area (Å²) in [5.41, 5.74) is 6.46. The zero-order valence-electron chi connectivity index (χ0n) is 8.99. The second kappa shape index (κ2) is 3.95. The van der Waals surface area contributed by atoms with Crippen molar-refractivity contribution in [1.29, 1.82) is 0 Å². The molecule has 0 fully saturated rings. The Kier molecular flexibility index (Phi) is 2.64. The second-order valence-corrected chi connectivity index (χ2v) is 3.66. The first-order chi connectivity index (χ1) is 7.26. The fourth-order valence-electron chi connectivity index (χ4n) is 1.59. The largest absolute Gasteiger partial charge is 0.496 e. The predicted molar refractivity (Wildman–Crippen MR) is 60.2 cm³/mol. The number of rotatable bonds is 3. The molecular weight excluding hydrogens is 190 g/mol. The Bertz CT molecular complexity index is 462. The van der Waals surface area contributed by atoms with Crippen molar-refractivity contribution in [2.75, 3.05) is 13.7 Å². The van der Waals surface area contributed by atoms with E-state index in [2.05, 4.69) is 0 Å². The van der Waals surface area contributed by atoms with Gasteiger partial charge in [-0.15, -0.1) is 0 Å². The third-order valence-electron chi connectivity index (χ3n) is 2.60. The van der Waals surface area contributed by atoms with Crippen molar-refractivity contribution in [3.63, 3.8) is 0 Å². The van der Waals surface area contributed by atoms with Gasteiger partial charge in [-0.25, -0.2) is 0 Å². The average molecular weight is 205 g/mol. The van der Waals surface area contributed by atoms with E-state index in [4.69, 9.17) is 14.9 Å². The van der Waals surface area contributed by atoms with Crippen LogP contribution in [0.25, 0.3) is 11.0 Å². The fourth-order valence-corrected chi connectivity index (χ4v) is 1.59. The van der Waals surface area contributed by atoms with Gasteiger partial charge in [-0.3, -0.25) is 0 Å². The highest BCUT2D eigenvalue weighted by Crippen LogP contribution is 2.31. The van der Waals surface area contributed by atoms with Gasteiger partial charge in [-0.05, 0) is 18.2 Å². The zero-order chi connectivity index (χ0) is 10.8. The summed E-state index contributed by atoms with van der Waals surface area (Å²) in [4.78, 5) is 0. The maximum Gasteiger partial charge on any atom is 0.138 e. The number of nitrogens with two attached hydrogens (primary N) is 1. The highest BCUT2D eigenvalue weighted by atomic mass is 16.5. The van der Waals surface area contributed by atoms with Gasteiger partial charge in [0.15, 0.2) is 0 Å². The van der Waals surface area contributed by atoms with E-state index in [0.29, 0.717) is 6.54 Å². The van der Waals surface area contributed by atoms with Crippen molar-refractivity contribution in [3.8, 4) is 5.75 Å². The van der Waals surface area contributed by atoms with Crippen molar-refractivity contribution in [2.45, 2.75) is 12.8 Å². The molecule has 15 heavy (non-hydrogen) atoms. The quantitative estimate of drug-likeness (QED) is 0.837. The van der Waals surface area contributed by atoms with E-state index < -0.39 is 0 Å². The van der Waals surface area contributed by atoms with E-state index in [0.717, 1.165) is 22.5 Å². The Hall–Kier alpha value is -1.48. The topological polar surface area (TPSA) is 48.4 Å². The summed E-state index contributed by atoms with van der Waals surface area (Å²) in [5.74, 6) is 1.99. The number of ether oxygens (including phenoxy) is 1. The van der Waals surface area contributed by atoms with Crippen molar-refractivity contribution < 1.29 is 9.15 Å². The Morgan fingerprint density at radius 1 is 1.47 bits per heavy atom. The standard InChI is InChI=1S/C12H15NO2/c1-8(7-13)12-6-9-10(14-2)4-3-5-11(9)15-12/h3-6,8H,7,13H2,1-2H3. The minimum absolute atomic E-state index is 0.238. The molecule has 0 bridgehead atoms. The molecule has 0 aliphatic rings. The second-order valence-electron chi connectivity index (χ2n) is 3.66. The number of hydrogen-bond acceptors (Lipinski definition) is 3. The molecule has 0 radical (unpaired) electrons. The maximum atomic E-state index is 5.70. The zero-order valence-corrected chi connectivity index (χ0v) is 8.99. The number of hydrogen-bond donors (Lipinski definition) is 1. The lowest BCUT2D eigenvalue weighted by Gasteiger charge is -2.01. The molecule has 80 valence electrons. The average Bonchev–Trinajstić information content (AvgIpc) is 2.71. The van der Waals surface area contributed by atoms with Gasteiger partial charge in [-0.1, -0.05) is 13.0 Å². The molecule has 0 aliphatic heterocycles. The van der Waals surface area contributed by atoms with Gasteiger partial charge in [0, 0.05) is 12.5 Å². The van der Waals surface area contributed by atoms with Crippen molar-refractivity contribution >= 4 is 11.0 Å². The molecule has 1 aromatic carbocycles. The molecule has 3 heteroatoms. The van der Waals surface area contributed by atoms with Crippen LogP contribution in [0.15, 0.2) is 28.7 Å². The van der Waals surface area contributed by atoms with E-state index in [1.807, 2.05) is 31.2 Å². The molecular formula is C12H15NO2. The van der Waals surface area contributed by atoms with Crippen LogP contribution in [0.5, 0.6) is 5.75 Å². The van der Waals surface area contributed by atoms with Gasteiger partial charge in [0.25, 0.3) is 0 Å². The Morgan fingerprint density at radius 2 is 2.27 bits per heavy atom. The summed E-state index contributed by atoms with van der Waals surface area (Å²) >= 11 is 0. The normalized spacial score (nSPS) is 13.0. The third kappa shape index (κ3) is 1.70. The summed E-state index contributed by atoms with van der Waals surface area (Å²) < 4.78 is 11.0. The van der Waals surface area contributed by atoms with Gasteiger partial charge < -0.3 is 14.9 Å². The van der Waals surface area contributed by atoms with Crippen LogP contribution in [-0.4, -0.2) is 13.7 Å². The molecule has 0 amide bonds. The molecule has 1 atom stereocenters. The first-order valence-electron chi connectivity index (χ1n) is 5.02. The van der Waals surface area contributed by atoms with Crippen LogP contribution in [0.2, 0.25) is 0 Å². The fraction of sp³-hybridized carbons (Fsp3) is 0.333. The van der Waals surface area contributed by atoms with Crippen LogP contribution in [0.1, 0.15) is 18.6 Å². The lowest BCUT2D eigenvalue weighted by Crippen LogP contribution is -2.07. The van der Waals surface area contributed by atoms with Gasteiger partial charge in [0.1, 0.15) is 17.1 Å². The van der Waals surface area contributed by atoms with Crippen LogP contribution in [0, 0.1) is 0 Å². The SMILES string of the molecule is COc1cccc2oc(C(C)CN)cc12. The maximum absolute atomic E-state index is 5.70. The highest BCUT2D eigenvalue weighted by molar-refractivity contribution is 5.84. The van der Waals surface area contributed by atoms with Crippen LogP contribution < -0.4 is 10.5 Å². The first-order valence-corrected chi connectivity index (χ1v) is 5.02. The Balaban J connectivity index is 2.55. The van der Waals surface area contributed by atoms with Crippen LogP contribution >= 0.6 is 0 Å². The monoisotopic (exact) mass is 205 g/mol. The molecule has 0 saturated carbocycles. The molecule has 2 N–H and O–H groups in total. The van der Waals surface area contributed by atoms with E-state index >= 15 is 0 Å². The summed E-state index contributed by atoms with van der Waals surface area (Å²) in [6.07, 6.45) is 0. The van der Waals surface area contributed by atoms with Crippen molar-refractivity contribution in [3.05, 3.63) is 30.0 Å². The molecule has 0 aliphatic carbocycles. The predicted octanol–water partition coefficient (Wildman–Crippen LogP) is 2.50. The molecule has 2 aromatic rings. The van der Waals surface area contributed by atoms with E-state index in [-0.39, 0.29) is 5.92 Å². The summed E-state index contributed by atoms with van der Waals surface area (Å²) in [6.45, 7) is 2.63. The number of fused-ring (bicyclic) bond motifs is 1. The lowest BCUT2D eigenvalue weighted by molar-refractivity contribution is 0.419. The molecule has 2 rings (SSSR count). The summed E-state index contributed by atoms with van der Waals surface area (Å²) in [5, 5.41) is 1.01. The van der Waals surface area contributed by atoms with Crippen LogP contribution in [-0.2, 0) is 0 Å². The molecule has 1 unspecified atom stereocenters. The van der Waals surface area contributed by atoms with Crippen molar-refractivity contribution in [1.82, 2.24) is 0 Å². The van der Waals surface area contributed by atoms with Gasteiger partial charge >= 0.3 is 0 Å². The van der Waals surface area contributed by atoms with E-state index in [1.54, 1.807) is 7.11 Å². The lowest BCUT2D eigenvalue weighted by atomic mass is 10.1. The molecule has 1 heterocycles. The minimum atomic E-state index is 0.238. The van der Waals surface area contributed by atoms with Crippen LogP contribution in [0.4, 0.5) is 0 Å². The smallest absolute Gasteiger partial charge is 0.138 e.